The van der Waals surface area contributed by atoms with Crippen molar-refractivity contribution in [3.63, 3.8) is 0 Å². The van der Waals surface area contributed by atoms with E-state index in [0.29, 0.717) is 11.8 Å². The lowest BCUT2D eigenvalue weighted by molar-refractivity contribution is 0.386. The van der Waals surface area contributed by atoms with Crippen molar-refractivity contribution in [1.29, 1.82) is 0 Å². The first-order valence-electron chi connectivity index (χ1n) is 5.18. The van der Waals surface area contributed by atoms with Gasteiger partial charge in [0.1, 0.15) is 0 Å². The number of methoxy groups -OCH3 is 1. The minimum atomic E-state index is -0.353. The van der Waals surface area contributed by atoms with Gasteiger partial charge in [-0.25, -0.2) is 4.39 Å². The Morgan fingerprint density at radius 3 is 2.62 bits per heavy atom. The zero-order valence-corrected chi connectivity index (χ0v) is 10.5. The quantitative estimate of drug-likeness (QED) is 0.722. The molecule has 0 unspecified atom stereocenters. The molecule has 1 aromatic rings. The topological polar surface area (TPSA) is 9.23 Å². The van der Waals surface area contributed by atoms with E-state index >= 15 is 0 Å². The second-order valence-electron chi connectivity index (χ2n) is 3.90. The third kappa shape index (κ3) is 3.24. The molecule has 0 aromatic heterocycles. The Balaban J connectivity index is 3.01. The Labute approximate surface area is 101 Å². The predicted molar refractivity (Wildman–Crippen MR) is 66.5 cm³/mol. The predicted octanol–water partition coefficient (Wildman–Crippen LogP) is 4.11. The fourth-order valence-electron chi connectivity index (χ4n) is 1.35. The zero-order valence-electron chi connectivity index (χ0n) is 9.76. The van der Waals surface area contributed by atoms with Gasteiger partial charge in [-0.05, 0) is 23.6 Å². The van der Waals surface area contributed by atoms with Crippen LogP contribution in [0.5, 0.6) is 5.75 Å². The van der Waals surface area contributed by atoms with Crippen LogP contribution in [0.2, 0.25) is 0 Å². The fourth-order valence-corrected chi connectivity index (χ4v) is 1.73. The van der Waals surface area contributed by atoms with Gasteiger partial charge >= 0.3 is 0 Å². The summed E-state index contributed by atoms with van der Waals surface area (Å²) in [6.45, 7) is 4.13. The molecule has 0 fully saturated rings. The van der Waals surface area contributed by atoms with Gasteiger partial charge in [-0.2, -0.15) is 0 Å². The van der Waals surface area contributed by atoms with Crippen molar-refractivity contribution < 1.29 is 9.13 Å². The maximum absolute atomic E-state index is 13.4. The van der Waals surface area contributed by atoms with Gasteiger partial charge in [-0.3, -0.25) is 0 Å². The Morgan fingerprint density at radius 2 is 2.19 bits per heavy atom. The van der Waals surface area contributed by atoms with E-state index in [1.807, 2.05) is 12.1 Å². The molecule has 0 saturated heterocycles. The highest BCUT2D eigenvalue weighted by Gasteiger charge is 2.05. The molecule has 0 aliphatic carbocycles. The Hall–Kier alpha value is -1.02. The highest BCUT2D eigenvalue weighted by molar-refractivity contribution is 6.19. The van der Waals surface area contributed by atoms with E-state index in [-0.39, 0.29) is 11.6 Å². The zero-order chi connectivity index (χ0) is 12.1. The van der Waals surface area contributed by atoms with E-state index < -0.39 is 0 Å². The molecule has 0 spiro atoms. The molecular formula is C13H16ClFO. The lowest BCUT2D eigenvalue weighted by Crippen LogP contribution is -1.95. The van der Waals surface area contributed by atoms with Crippen LogP contribution < -0.4 is 4.74 Å². The van der Waals surface area contributed by atoms with Crippen molar-refractivity contribution in [2.45, 2.75) is 13.8 Å². The van der Waals surface area contributed by atoms with Crippen molar-refractivity contribution in [1.82, 2.24) is 0 Å². The third-order valence-electron chi connectivity index (χ3n) is 2.42. The molecule has 16 heavy (non-hydrogen) atoms. The van der Waals surface area contributed by atoms with Gasteiger partial charge in [0.25, 0.3) is 0 Å². The number of rotatable bonds is 4. The largest absolute Gasteiger partial charge is 0.494 e. The summed E-state index contributed by atoms with van der Waals surface area (Å²) < 4.78 is 18.3. The summed E-state index contributed by atoms with van der Waals surface area (Å²) in [5.41, 5.74) is 1.90. The average molecular weight is 243 g/mol. The molecule has 0 amide bonds. The fraction of sp³-hybridized carbons (Fsp3) is 0.385. The van der Waals surface area contributed by atoms with Crippen LogP contribution in [-0.2, 0) is 0 Å². The molecule has 1 rings (SSSR count). The second-order valence-corrected chi connectivity index (χ2v) is 4.17. The third-order valence-corrected chi connectivity index (χ3v) is 2.73. The molecule has 0 bridgehead atoms. The normalized spacial score (nSPS) is 12.0. The molecule has 1 aromatic carbocycles. The van der Waals surface area contributed by atoms with Gasteiger partial charge in [-0.1, -0.05) is 31.6 Å². The highest BCUT2D eigenvalue weighted by atomic mass is 35.5. The number of hydrogen-bond acceptors (Lipinski definition) is 1. The highest BCUT2D eigenvalue weighted by Crippen LogP contribution is 2.21. The van der Waals surface area contributed by atoms with Crippen LogP contribution in [0.15, 0.2) is 23.8 Å². The molecule has 0 radical (unpaired) electrons. The molecule has 0 saturated carbocycles. The van der Waals surface area contributed by atoms with Gasteiger partial charge in [0.15, 0.2) is 11.6 Å². The number of benzene rings is 1. The van der Waals surface area contributed by atoms with E-state index in [1.54, 1.807) is 6.07 Å². The van der Waals surface area contributed by atoms with E-state index in [1.165, 1.54) is 13.2 Å². The first-order valence-corrected chi connectivity index (χ1v) is 5.72. The number of allylic oxidation sites excluding steroid dienone is 1. The van der Waals surface area contributed by atoms with E-state index in [9.17, 15) is 4.39 Å². The van der Waals surface area contributed by atoms with Gasteiger partial charge in [0.05, 0.1) is 7.11 Å². The van der Waals surface area contributed by atoms with Crippen LogP contribution in [0.25, 0.3) is 6.08 Å². The van der Waals surface area contributed by atoms with Crippen molar-refractivity contribution in [2.75, 3.05) is 13.0 Å². The summed E-state index contributed by atoms with van der Waals surface area (Å²) in [4.78, 5) is 0. The first-order chi connectivity index (χ1) is 7.58. The summed E-state index contributed by atoms with van der Waals surface area (Å²) in [6, 6.07) is 4.89. The van der Waals surface area contributed by atoms with Gasteiger partial charge in [-0.15, -0.1) is 11.6 Å². The van der Waals surface area contributed by atoms with Gasteiger partial charge in [0, 0.05) is 5.88 Å². The number of alkyl halides is 1. The number of ether oxygens (including phenoxy) is 1. The van der Waals surface area contributed by atoms with Crippen molar-refractivity contribution in [3.8, 4) is 5.75 Å². The second kappa shape index (κ2) is 5.90. The summed E-state index contributed by atoms with van der Waals surface area (Å²) in [7, 11) is 1.45. The van der Waals surface area contributed by atoms with Crippen molar-refractivity contribution >= 4 is 17.7 Å². The minimum Gasteiger partial charge on any atom is -0.494 e. The summed E-state index contributed by atoms with van der Waals surface area (Å²) in [6.07, 6.45) is 1.92. The number of halogens is 2. The van der Waals surface area contributed by atoms with Gasteiger partial charge < -0.3 is 4.74 Å². The minimum absolute atomic E-state index is 0.258. The summed E-state index contributed by atoms with van der Waals surface area (Å²) >= 11 is 5.82. The van der Waals surface area contributed by atoms with Crippen LogP contribution in [0.3, 0.4) is 0 Å². The maximum atomic E-state index is 13.4. The maximum Gasteiger partial charge on any atom is 0.165 e. The molecule has 0 aliphatic rings. The van der Waals surface area contributed by atoms with Crippen LogP contribution in [0, 0.1) is 11.7 Å². The van der Waals surface area contributed by atoms with Crippen LogP contribution in [-0.4, -0.2) is 13.0 Å². The molecule has 3 heteroatoms. The molecule has 88 valence electrons. The Bertz CT molecular complexity index is 386. The number of hydrogen-bond donors (Lipinski definition) is 0. The monoisotopic (exact) mass is 242 g/mol. The Kier molecular flexibility index (Phi) is 4.81. The summed E-state index contributed by atoms with van der Waals surface area (Å²) in [5, 5.41) is 0. The smallest absolute Gasteiger partial charge is 0.165 e. The molecule has 1 nitrogen and oxygen atoms in total. The summed E-state index contributed by atoms with van der Waals surface area (Å²) in [5.74, 6) is 0.733. The SMILES string of the molecule is COc1ccc(C=C(CCl)C(C)C)cc1F. The molecule has 0 heterocycles. The average Bonchev–Trinajstić information content (AvgIpc) is 2.25. The molecule has 0 atom stereocenters. The molecular weight excluding hydrogens is 227 g/mol. The van der Waals surface area contributed by atoms with Crippen LogP contribution >= 0.6 is 11.6 Å². The lowest BCUT2D eigenvalue weighted by atomic mass is 10.0. The first kappa shape index (κ1) is 13.0. The van der Waals surface area contributed by atoms with Crippen LogP contribution in [0.1, 0.15) is 19.4 Å². The molecule has 0 aliphatic heterocycles. The van der Waals surface area contributed by atoms with Gasteiger partial charge in [0.2, 0.25) is 0 Å². The standard InChI is InChI=1S/C13H16ClFO/c1-9(2)11(8-14)6-10-4-5-13(16-3)12(15)7-10/h4-7,9H,8H2,1-3H3. The van der Waals surface area contributed by atoms with Crippen molar-refractivity contribution in [3.05, 3.63) is 35.2 Å². The van der Waals surface area contributed by atoms with E-state index in [2.05, 4.69) is 13.8 Å². The van der Waals surface area contributed by atoms with Crippen LogP contribution in [0.4, 0.5) is 4.39 Å². The molecule has 0 N–H and O–H groups in total. The van der Waals surface area contributed by atoms with E-state index in [0.717, 1.165) is 11.1 Å². The Morgan fingerprint density at radius 1 is 1.50 bits per heavy atom. The lowest BCUT2D eigenvalue weighted by Gasteiger charge is -2.08. The van der Waals surface area contributed by atoms with Crippen molar-refractivity contribution in [2.24, 2.45) is 5.92 Å². The van der Waals surface area contributed by atoms with E-state index in [4.69, 9.17) is 16.3 Å².